The maximum absolute atomic E-state index is 12.9. The molecule has 0 fully saturated rings. The molecule has 0 aliphatic heterocycles. The summed E-state index contributed by atoms with van der Waals surface area (Å²) in [6, 6.07) is 3.32. The second kappa shape index (κ2) is 9.98. The minimum Gasteiger partial charge on any atom is -0.493 e. The molecule has 0 aliphatic rings. The van der Waals surface area contributed by atoms with Gasteiger partial charge in [0.15, 0.2) is 11.5 Å². The largest absolute Gasteiger partial charge is 0.493 e. The first-order valence-electron chi connectivity index (χ1n) is 8.39. The lowest BCUT2D eigenvalue weighted by atomic mass is 10.1. The van der Waals surface area contributed by atoms with Crippen molar-refractivity contribution in [1.82, 2.24) is 4.90 Å². The van der Waals surface area contributed by atoms with Crippen LogP contribution in [0.4, 0.5) is 5.69 Å². The van der Waals surface area contributed by atoms with Gasteiger partial charge in [-0.1, -0.05) is 33.1 Å². The minimum absolute atomic E-state index is 0.0343. The van der Waals surface area contributed by atoms with Gasteiger partial charge in [0.05, 0.1) is 19.8 Å². The van der Waals surface area contributed by atoms with E-state index in [-0.39, 0.29) is 5.91 Å². The summed E-state index contributed by atoms with van der Waals surface area (Å²) in [5.74, 6) is 1.02. The Morgan fingerprint density at radius 2 is 1.57 bits per heavy atom. The van der Waals surface area contributed by atoms with Crippen LogP contribution in [0, 0.1) is 0 Å². The zero-order valence-corrected chi connectivity index (χ0v) is 14.9. The number of hydrogen-bond donors (Lipinski definition) is 1. The number of amides is 1. The van der Waals surface area contributed by atoms with Crippen LogP contribution in [0.15, 0.2) is 12.1 Å². The van der Waals surface area contributed by atoms with Gasteiger partial charge < -0.3 is 20.1 Å². The summed E-state index contributed by atoms with van der Waals surface area (Å²) in [4.78, 5) is 14.8. The third kappa shape index (κ3) is 5.34. The molecule has 130 valence electrons. The summed E-state index contributed by atoms with van der Waals surface area (Å²) in [6.07, 6.45) is 5.31. The van der Waals surface area contributed by atoms with E-state index in [0.29, 0.717) is 22.7 Å². The average Bonchev–Trinajstić information content (AvgIpc) is 2.57. The van der Waals surface area contributed by atoms with Gasteiger partial charge in [0, 0.05) is 24.8 Å². The molecule has 0 spiro atoms. The van der Waals surface area contributed by atoms with E-state index in [4.69, 9.17) is 15.2 Å². The number of nitrogens with zero attached hydrogens (tertiary/aromatic N) is 1. The second-order valence-electron chi connectivity index (χ2n) is 5.65. The van der Waals surface area contributed by atoms with Gasteiger partial charge in [-0.2, -0.15) is 0 Å². The van der Waals surface area contributed by atoms with E-state index in [1.165, 1.54) is 0 Å². The normalized spacial score (nSPS) is 10.4. The fraction of sp³-hybridized carbons (Fsp3) is 0.611. The van der Waals surface area contributed by atoms with Gasteiger partial charge in [-0.3, -0.25) is 4.79 Å². The molecule has 0 heterocycles. The molecule has 0 saturated carbocycles. The Balaban J connectivity index is 3.01. The molecule has 1 amide bonds. The van der Waals surface area contributed by atoms with Crippen LogP contribution in [-0.2, 0) is 0 Å². The molecule has 1 rings (SSSR count). The van der Waals surface area contributed by atoms with E-state index in [0.717, 1.165) is 45.2 Å². The van der Waals surface area contributed by atoms with Crippen molar-refractivity contribution in [2.45, 2.75) is 46.0 Å². The summed E-state index contributed by atoms with van der Waals surface area (Å²) in [6.45, 7) is 5.80. The van der Waals surface area contributed by atoms with E-state index in [2.05, 4.69) is 13.8 Å². The molecule has 5 heteroatoms. The van der Waals surface area contributed by atoms with Crippen LogP contribution in [0.3, 0.4) is 0 Å². The van der Waals surface area contributed by atoms with Gasteiger partial charge in [0.2, 0.25) is 0 Å². The number of unbranched alkanes of at least 4 members (excludes halogenated alkanes) is 3. The fourth-order valence-electron chi connectivity index (χ4n) is 2.47. The Bertz CT molecular complexity index is 503. The SMILES string of the molecule is CCCCCN(CCCC)C(=O)c1cc(OC)c(OC)cc1N. The van der Waals surface area contributed by atoms with Gasteiger partial charge in [-0.15, -0.1) is 0 Å². The Labute approximate surface area is 139 Å². The van der Waals surface area contributed by atoms with Crippen LogP contribution in [0.1, 0.15) is 56.3 Å². The minimum atomic E-state index is -0.0343. The molecular formula is C18H30N2O3. The van der Waals surface area contributed by atoms with E-state index in [1.807, 2.05) is 4.90 Å². The van der Waals surface area contributed by atoms with Gasteiger partial charge in [-0.25, -0.2) is 0 Å². The number of hydrogen-bond acceptors (Lipinski definition) is 4. The quantitative estimate of drug-likeness (QED) is 0.527. The second-order valence-corrected chi connectivity index (χ2v) is 5.65. The number of nitrogens with two attached hydrogens (primary N) is 1. The molecule has 5 nitrogen and oxygen atoms in total. The number of anilines is 1. The van der Waals surface area contributed by atoms with Crippen molar-refractivity contribution in [3.8, 4) is 11.5 Å². The van der Waals surface area contributed by atoms with Gasteiger partial charge in [0.25, 0.3) is 5.91 Å². The third-order valence-corrected chi connectivity index (χ3v) is 3.89. The first-order valence-corrected chi connectivity index (χ1v) is 8.39. The Morgan fingerprint density at radius 3 is 2.13 bits per heavy atom. The van der Waals surface area contributed by atoms with Crippen molar-refractivity contribution in [3.63, 3.8) is 0 Å². The first-order chi connectivity index (χ1) is 11.1. The van der Waals surface area contributed by atoms with Gasteiger partial charge in [-0.05, 0) is 18.9 Å². The molecule has 2 N–H and O–H groups in total. The average molecular weight is 322 g/mol. The maximum atomic E-state index is 12.9. The number of methoxy groups -OCH3 is 2. The number of ether oxygens (including phenoxy) is 2. The summed E-state index contributed by atoms with van der Waals surface area (Å²) in [5, 5.41) is 0. The smallest absolute Gasteiger partial charge is 0.256 e. The molecule has 0 aromatic heterocycles. The summed E-state index contributed by atoms with van der Waals surface area (Å²) < 4.78 is 10.5. The van der Waals surface area contributed by atoms with Crippen molar-refractivity contribution in [2.24, 2.45) is 0 Å². The lowest BCUT2D eigenvalue weighted by Crippen LogP contribution is -2.33. The fourth-order valence-corrected chi connectivity index (χ4v) is 2.47. The first kappa shape index (κ1) is 19.1. The van der Waals surface area contributed by atoms with Crippen molar-refractivity contribution >= 4 is 11.6 Å². The number of carbonyl (C=O) groups excluding carboxylic acids is 1. The summed E-state index contributed by atoms with van der Waals surface area (Å²) in [5.41, 5.74) is 6.96. The van der Waals surface area contributed by atoms with E-state index in [1.54, 1.807) is 26.4 Å². The van der Waals surface area contributed by atoms with E-state index < -0.39 is 0 Å². The lowest BCUT2D eigenvalue weighted by molar-refractivity contribution is 0.0751. The van der Waals surface area contributed by atoms with Crippen LogP contribution < -0.4 is 15.2 Å². The van der Waals surface area contributed by atoms with Crippen molar-refractivity contribution in [2.75, 3.05) is 33.0 Å². The van der Waals surface area contributed by atoms with Crippen molar-refractivity contribution < 1.29 is 14.3 Å². The number of carbonyl (C=O) groups is 1. The van der Waals surface area contributed by atoms with Crippen LogP contribution in [-0.4, -0.2) is 38.1 Å². The predicted octanol–water partition coefficient (Wildman–Crippen LogP) is 3.72. The molecule has 0 saturated heterocycles. The monoisotopic (exact) mass is 322 g/mol. The number of rotatable bonds is 10. The highest BCUT2D eigenvalue weighted by atomic mass is 16.5. The molecule has 0 radical (unpaired) electrons. The molecule has 0 bridgehead atoms. The highest BCUT2D eigenvalue weighted by Crippen LogP contribution is 2.32. The van der Waals surface area contributed by atoms with E-state index in [9.17, 15) is 4.79 Å². The standard InChI is InChI=1S/C18H30N2O3/c1-5-7-9-11-20(10-8-6-2)18(21)14-12-16(22-3)17(23-4)13-15(14)19/h12-13H,5-11,19H2,1-4H3. The zero-order chi connectivity index (χ0) is 17.2. The van der Waals surface area contributed by atoms with Gasteiger partial charge >= 0.3 is 0 Å². The van der Waals surface area contributed by atoms with E-state index >= 15 is 0 Å². The molecule has 1 aromatic carbocycles. The molecule has 0 unspecified atom stereocenters. The Morgan fingerprint density at radius 1 is 1.00 bits per heavy atom. The van der Waals surface area contributed by atoms with Crippen LogP contribution in [0.5, 0.6) is 11.5 Å². The van der Waals surface area contributed by atoms with Crippen LogP contribution in [0.2, 0.25) is 0 Å². The molecular weight excluding hydrogens is 292 g/mol. The topological polar surface area (TPSA) is 64.8 Å². The predicted molar refractivity (Wildman–Crippen MR) is 94.3 cm³/mol. The lowest BCUT2D eigenvalue weighted by Gasteiger charge is -2.24. The Hall–Kier alpha value is -1.91. The summed E-state index contributed by atoms with van der Waals surface area (Å²) >= 11 is 0. The maximum Gasteiger partial charge on any atom is 0.256 e. The van der Waals surface area contributed by atoms with Crippen LogP contribution in [0.25, 0.3) is 0 Å². The third-order valence-electron chi connectivity index (χ3n) is 3.89. The van der Waals surface area contributed by atoms with Crippen molar-refractivity contribution in [3.05, 3.63) is 17.7 Å². The molecule has 23 heavy (non-hydrogen) atoms. The number of nitrogen functional groups attached to an aromatic ring is 1. The van der Waals surface area contributed by atoms with Gasteiger partial charge in [0.1, 0.15) is 0 Å². The summed E-state index contributed by atoms with van der Waals surface area (Å²) in [7, 11) is 3.11. The molecule has 0 aliphatic carbocycles. The highest BCUT2D eigenvalue weighted by molar-refractivity contribution is 6.00. The Kier molecular flexibility index (Phi) is 8.30. The van der Waals surface area contributed by atoms with Crippen LogP contribution >= 0.6 is 0 Å². The van der Waals surface area contributed by atoms with Crippen molar-refractivity contribution in [1.29, 1.82) is 0 Å². The number of benzene rings is 1. The molecule has 0 atom stereocenters. The molecule has 1 aromatic rings. The zero-order valence-electron chi connectivity index (χ0n) is 14.9. The highest BCUT2D eigenvalue weighted by Gasteiger charge is 2.20.